The minimum absolute atomic E-state index is 0.202. The second-order valence-corrected chi connectivity index (χ2v) is 3.64. The number of nitrogens with zero attached hydrogens (tertiary/aromatic N) is 1. The highest BCUT2D eigenvalue weighted by Crippen LogP contribution is 2.22. The maximum Gasteiger partial charge on any atom is 0.0528 e. The van der Waals surface area contributed by atoms with E-state index >= 15 is 0 Å². The van der Waals surface area contributed by atoms with Crippen LogP contribution < -0.4 is 0 Å². The van der Waals surface area contributed by atoms with Gasteiger partial charge in [0.25, 0.3) is 0 Å². The van der Waals surface area contributed by atoms with E-state index in [0.717, 1.165) is 6.54 Å². The van der Waals surface area contributed by atoms with Gasteiger partial charge in [-0.05, 0) is 33.8 Å². The highest BCUT2D eigenvalue weighted by atomic mass is 15.2. The number of allylic oxidation sites excluding steroid dienone is 2. The molecule has 0 saturated carbocycles. The molecule has 0 spiro atoms. The van der Waals surface area contributed by atoms with Crippen LogP contribution in [0.4, 0.5) is 0 Å². The number of rotatable bonds is 1. The van der Waals surface area contributed by atoms with Crippen LogP contribution in [0.5, 0.6) is 0 Å². The molecule has 0 atom stereocenters. The Bertz CT molecular complexity index is 199. The van der Waals surface area contributed by atoms with Crippen LogP contribution in [-0.4, -0.2) is 17.0 Å². The van der Waals surface area contributed by atoms with Crippen LogP contribution in [0.1, 0.15) is 27.7 Å². The molecular formula is C10H17N. The van der Waals surface area contributed by atoms with Gasteiger partial charge in [-0.25, -0.2) is 0 Å². The van der Waals surface area contributed by atoms with Crippen LogP contribution in [0.2, 0.25) is 0 Å². The van der Waals surface area contributed by atoms with E-state index in [2.05, 4.69) is 50.9 Å². The number of hydrogen-bond donors (Lipinski definition) is 0. The molecule has 1 aliphatic rings. The van der Waals surface area contributed by atoms with Crippen LogP contribution in [0.3, 0.4) is 0 Å². The molecule has 0 aromatic carbocycles. The maximum absolute atomic E-state index is 2.33. The van der Waals surface area contributed by atoms with Crippen LogP contribution in [-0.2, 0) is 0 Å². The van der Waals surface area contributed by atoms with Crippen molar-refractivity contribution in [2.75, 3.05) is 6.54 Å². The molecule has 0 aromatic rings. The Balaban J connectivity index is 2.84. The summed E-state index contributed by atoms with van der Waals surface area (Å²) in [5.74, 6) is 0. The molecule has 0 bridgehead atoms. The average molecular weight is 151 g/mol. The predicted octanol–water partition coefficient (Wildman–Crippen LogP) is 2.56. The van der Waals surface area contributed by atoms with Gasteiger partial charge in [-0.1, -0.05) is 11.6 Å². The van der Waals surface area contributed by atoms with E-state index in [1.165, 1.54) is 5.57 Å². The minimum atomic E-state index is 0.202. The third kappa shape index (κ3) is 1.65. The van der Waals surface area contributed by atoms with Crippen LogP contribution in [0.15, 0.2) is 23.9 Å². The molecule has 0 amide bonds. The van der Waals surface area contributed by atoms with Crippen molar-refractivity contribution in [2.24, 2.45) is 0 Å². The van der Waals surface area contributed by atoms with Gasteiger partial charge in [-0.2, -0.15) is 0 Å². The molecule has 1 aliphatic heterocycles. The standard InChI is InChI=1S/C10H17N/c1-5-11-7-6-9(2)8-10(11,3)4/h6-8H,5H2,1-4H3. The smallest absolute Gasteiger partial charge is 0.0528 e. The van der Waals surface area contributed by atoms with Gasteiger partial charge in [0.2, 0.25) is 0 Å². The van der Waals surface area contributed by atoms with E-state index in [4.69, 9.17) is 0 Å². The Morgan fingerprint density at radius 1 is 1.45 bits per heavy atom. The average Bonchev–Trinajstić information content (AvgIpc) is 1.85. The Morgan fingerprint density at radius 3 is 2.55 bits per heavy atom. The second-order valence-electron chi connectivity index (χ2n) is 3.64. The monoisotopic (exact) mass is 151 g/mol. The van der Waals surface area contributed by atoms with Gasteiger partial charge in [0.1, 0.15) is 0 Å². The highest BCUT2D eigenvalue weighted by Gasteiger charge is 2.21. The summed E-state index contributed by atoms with van der Waals surface area (Å²) in [7, 11) is 0. The van der Waals surface area contributed by atoms with E-state index in [1.54, 1.807) is 0 Å². The largest absolute Gasteiger partial charge is 0.369 e. The summed E-state index contributed by atoms with van der Waals surface area (Å²) in [6.07, 6.45) is 6.64. The molecule has 1 rings (SSSR count). The van der Waals surface area contributed by atoms with Crippen molar-refractivity contribution in [1.82, 2.24) is 4.90 Å². The van der Waals surface area contributed by atoms with Gasteiger partial charge in [0.15, 0.2) is 0 Å². The quantitative estimate of drug-likeness (QED) is 0.556. The van der Waals surface area contributed by atoms with Crippen molar-refractivity contribution in [1.29, 1.82) is 0 Å². The lowest BCUT2D eigenvalue weighted by Gasteiger charge is -2.37. The number of hydrogen-bond acceptors (Lipinski definition) is 1. The van der Waals surface area contributed by atoms with Crippen molar-refractivity contribution in [2.45, 2.75) is 33.2 Å². The van der Waals surface area contributed by atoms with E-state index in [9.17, 15) is 0 Å². The highest BCUT2D eigenvalue weighted by molar-refractivity contribution is 5.26. The van der Waals surface area contributed by atoms with E-state index in [0.29, 0.717) is 0 Å². The van der Waals surface area contributed by atoms with E-state index in [-0.39, 0.29) is 5.54 Å². The molecule has 1 heteroatoms. The van der Waals surface area contributed by atoms with Crippen LogP contribution >= 0.6 is 0 Å². The molecule has 0 radical (unpaired) electrons. The van der Waals surface area contributed by atoms with Crippen molar-refractivity contribution in [3.63, 3.8) is 0 Å². The first-order valence-corrected chi connectivity index (χ1v) is 4.20. The van der Waals surface area contributed by atoms with Crippen LogP contribution in [0.25, 0.3) is 0 Å². The molecule has 0 fully saturated rings. The lowest BCUT2D eigenvalue weighted by molar-refractivity contribution is 0.243. The SMILES string of the molecule is CCN1C=CC(C)=CC1(C)C. The summed E-state index contributed by atoms with van der Waals surface area (Å²) in [4.78, 5) is 2.33. The Hall–Kier alpha value is -0.720. The third-order valence-corrected chi connectivity index (χ3v) is 2.18. The van der Waals surface area contributed by atoms with Gasteiger partial charge in [0, 0.05) is 12.7 Å². The molecule has 0 unspecified atom stereocenters. The molecule has 0 aromatic heterocycles. The van der Waals surface area contributed by atoms with Gasteiger partial charge in [-0.15, -0.1) is 0 Å². The zero-order valence-corrected chi connectivity index (χ0v) is 7.89. The summed E-state index contributed by atoms with van der Waals surface area (Å²) >= 11 is 0. The Kier molecular flexibility index (Phi) is 2.08. The predicted molar refractivity (Wildman–Crippen MR) is 49.4 cm³/mol. The van der Waals surface area contributed by atoms with Gasteiger partial charge >= 0.3 is 0 Å². The maximum atomic E-state index is 2.33. The summed E-state index contributed by atoms with van der Waals surface area (Å²) in [5.41, 5.74) is 1.56. The normalized spacial score (nSPS) is 21.8. The van der Waals surface area contributed by atoms with Crippen molar-refractivity contribution in [3.05, 3.63) is 23.9 Å². The second kappa shape index (κ2) is 2.72. The topological polar surface area (TPSA) is 3.24 Å². The van der Waals surface area contributed by atoms with Crippen LogP contribution in [0, 0.1) is 0 Å². The zero-order chi connectivity index (χ0) is 8.48. The first-order valence-electron chi connectivity index (χ1n) is 4.20. The van der Waals surface area contributed by atoms with Gasteiger partial charge in [-0.3, -0.25) is 0 Å². The van der Waals surface area contributed by atoms with Crippen molar-refractivity contribution < 1.29 is 0 Å². The number of likely N-dealkylation sites (N-methyl/N-ethyl adjacent to an activating group) is 1. The fourth-order valence-electron chi connectivity index (χ4n) is 1.60. The molecule has 0 N–H and O–H groups in total. The van der Waals surface area contributed by atoms with Gasteiger partial charge in [0.05, 0.1) is 5.54 Å². The minimum Gasteiger partial charge on any atom is -0.369 e. The lowest BCUT2D eigenvalue weighted by Crippen LogP contribution is -2.39. The first kappa shape index (κ1) is 8.38. The summed E-state index contributed by atoms with van der Waals surface area (Å²) < 4.78 is 0. The third-order valence-electron chi connectivity index (χ3n) is 2.18. The fourth-order valence-corrected chi connectivity index (χ4v) is 1.60. The molecule has 0 aliphatic carbocycles. The summed E-state index contributed by atoms with van der Waals surface area (Å²) in [6.45, 7) is 9.88. The zero-order valence-electron chi connectivity index (χ0n) is 7.89. The van der Waals surface area contributed by atoms with Crippen molar-refractivity contribution in [3.8, 4) is 0 Å². The first-order chi connectivity index (χ1) is 5.06. The lowest BCUT2D eigenvalue weighted by atomic mass is 9.97. The van der Waals surface area contributed by atoms with Gasteiger partial charge < -0.3 is 4.90 Å². The molecule has 1 heterocycles. The Morgan fingerprint density at radius 2 is 2.09 bits per heavy atom. The molecule has 11 heavy (non-hydrogen) atoms. The van der Waals surface area contributed by atoms with Crippen molar-refractivity contribution >= 4 is 0 Å². The molecule has 0 saturated heterocycles. The Labute approximate surface area is 69.4 Å². The molecule has 62 valence electrons. The summed E-state index contributed by atoms with van der Waals surface area (Å²) in [5, 5.41) is 0. The summed E-state index contributed by atoms with van der Waals surface area (Å²) in [6, 6.07) is 0. The fraction of sp³-hybridized carbons (Fsp3) is 0.600. The van der Waals surface area contributed by atoms with E-state index < -0.39 is 0 Å². The molecule has 1 nitrogen and oxygen atoms in total. The molecular weight excluding hydrogens is 134 g/mol. The van der Waals surface area contributed by atoms with E-state index in [1.807, 2.05) is 0 Å².